The van der Waals surface area contributed by atoms with E-state index in [1.54, 1.807) is 13.1 Å². The summed E-state index contributed by atoms with van der Waals surface area (Å²) in [6.07, 6.45) is 0.858. The molecule has 0 aromatic heterocycles. The van der Waals surface area contributed by atoms with Crippen LogP contribution in [0.15, 0.2) is 18.2 Å². The first-order valence-electron chi connectivity index (χ1n) is 5.96. The molecule has 0 radical (unpaired) electrons. The van der Waals surface area contributed by atoms with Crippen LogP contribution in [0.4, 0.5) is 10.1 Å². The minimum Gasteiger partial charge on any atom is -0.392 e. The Labute approximate surface area is 106 Å². The summed E-state index contributed by atoms with van der Waals surface area (Å²) in [5, 5.41) is 11.9. The van der Waals surface area contributed by atoms with Gasteiger partial charge in [0.05, 0.1) is 18.8 Å². The van der Waals surface area contributed by atoms with Crippen LogP contribution >= 0.6 is 0 Å². The Kier molecular flexibility index (Phi) is 5.58. The lowest BCUT2D eigenvalue weighted by Gasteiger charge is -2.22. The Balaban J connectivity index is 2.77. The maximum atomic E-state index is 13.7. The molecule has 0 heterocycles. The van der Waals surface area contributed by atoms with Crippen LogP contribution in [0.3, 0.4) is 0 Å². The largest absolute Gasteiger partial charge is 0.392 e. The number of para-hydroxylation sites is 1. The van der Waals surface area contributed by atoms with Crippen molar-refractivity contribution in [1.82, 2.24) is 5.32 Å². The highest BCUT2D eigenvalue weighted by molar-refractivity contribution is 5.81. The molecule has 0 spiro atoms. The quantitative estimate of drug-likeness (QED) is 0.804. The van der Waals surface area contributed by atoms with E-state index < -0.39 is 5.82 Å². The van der Waals surface area contributed by atoms with Crippen molar-refractivity contribution >= 4 is 11.6 Å². The molecule has 0 saturated carbocycles. The van der Waals surface area contributed by atoms with E-state index in [0.29, 0.717) is 12.1 Å². The topological polar surface area (TPSA) is 52.6 Å². The molecule has 0 bridgehead atoms. The Hall–Kier alpha value is -1.62. The zero-order chi connectivity index (χ0) is 13.5. The third-order valence-electron chi connectivity index (χ3n) is 2.58. The number of hydrogen-bond acceptors (Lipinski definition) is 3. The molecule has 2 N–H and O–H groups in total. The van der Waals surface area contributed by atoms with Crippen molar-refractivity contribution in [2.45, 2.75) is 20.0 Å². The van der Waals surface area contributed by atoms with E-state index in [0.717, 1.165) is 6.42 Å². The molecule has 1 rings (SSSR count). The van der Waals surface area contributed by atoms with Crippen molar-refractivity contribution in [2.75, 3.05) is 25.0 Å². The Morgan fingerprint density at radius 1 is 1.50 bits per heavy atom. The summed E-state index contributed by atoms with van der Waals surface area (Å²) in [5.74, 6) is -0.598. The molecule has 5 heteroatoms. The highest BCUT2D eigenvalue weighted by Crippen LogP contribution is 2.23. The van der Waals surface area contributed by atoms with Crippen LogP contribution in [-0.2, 0) is 11.4 Å². The average Bonchev–Trinajstić information content (AvgIpc) is 2.35. The van der Waals surface area contributed by atoms with E-state index in [2.05, 4.69) is 5.32 Å². The Bertz CT molecular complexity index is 410. The monoisotopic (exact) mass is 254 g/mol. The van der Waals surface area contributed by atoms with Gasteiger partial charge in [0.2, 0.25) is 5.91 Å². The van der Waals surface area contributed by atoms with Crippen LogP contribution in [-0.4, -0.2) is 31.2 Å². The van der Waals surface area contributed by atoms with E-state index in [-0.39, 0.29) is 24.7 Å². The van der Waals surface area contributed by atoms with Gasteiger partial charge < -0.3 is 15.3 Å². The van der Waals surface area contributed by atoms with Gasteiger partial charge in [0.15, 0.2) is 0 Å². The van der Waals surface area contributed by atoms with Crippen LogP contribution in [0.25, 0.3) is 0 Å². The second kappa shape index (κ2) is 6.96. The molecule has 0 fully saturated rings. The molecule has 100 valence electrons. The number of nitrogens with one attached hydrogen (secondary N) is 1. The van der Waals surface area contributed by atoms with Crippen LogP contribution in [0.1, 0.15) is 18.9 Å². The molecule has 1 aromatic rings. The van der Waals surface area contributed by atoms with E-state index in [4.69, 9.17) is 0 Å². The lowest BCUT2D eigenvalue weighted by atomic mass is 10.1. The standard InChI is InChI=1S/C13H19FN2O2/c1-3-7-15-12(18)8-16(2)13-10(9-17)5-4-6-11(13)14/h4-6,17H,3,7-9H2,1-2H3,(H,15,18). The van der Waals surface area contributed by atoms with Gasteiger partial charge in [-0.25, -0.2) is 4.39 Å². The zero-order valence-corrected chi connectivity index (χ0v) is 10.7. The van der Waals surface area contributed by atoms with Gasteiger partial charge >= 0.3 is 0 Å². The van der Waals surface area contributed by atoms with Gasteiger partial charge in [-0.1, -0.05) is 19.1 Å². The lowest BCUT2D eigenvalue weighted by molar-refractivity contribution is -0.119. The second-order valence-corrected chi connectivity index (χ2v) is 4.11. The van der Waals surface area contributed by atoms with Crippen molar-refractivity contribution in [2.24, 2.45) is 0 Å². The summed E-state index contributed by atoms with van der Waals surface area (Å²) in [4.78, 5) is 13.1. The number of hydrogen-bond donors (Lipinski definition) is 2. The third kappa shape index (κ3) is 3.70. The number of halogens is 1. The summed E-state index contributed by atoms with van der Waals surface area (Å²) in [7, 11) is 1.63. The van der Waals surface area contributed by atoms with Crippen molar-refractivity contribution in [1.29, 1.82) is 0 Å². The van der Waals surface area contributed by atoms with Crippen LogP contribution in [0.2, 0.25) is 0 Å². The summed E-state index contributed by atoms with van der Waals surface area (Å²) in [5.41, 5.74) is 0.743. The number of anilines is 1. The SMILES string of the molecule is CCCNC(=O)CN(C)c1c(F)cccc1CO. The molecule has 0 atom stereocenters. The molecule has 0 unspecified atom stereocenters. The molecule has 1 amide bonds. The maximum absolute atomic E-state index is 13.7. The summed E-state index contributed by atoms with van der Waals surface area (Å²) < 4.78 is 13.7. The summed E-state index contributed by atoms with van der Waals surface area (Å²) in [6, 6.07) is 4.49. The molecule has 0 aliphatic carbocycles. The molecule has 4 nitrogen and oxygen atoms in total. The number of amides is 1. The van der Waals surface area contributed by atoms with Crippen molar-refractivity contribution in [3.63, 3.8) is 0 Å². The number of carbonyl (C=O) groups excluding carboxylic acids is 1. The van der Waals surface area contributed by atoms with E-state index in [1.165, 1.54) is 17.0 Å². The maximum Gasteiger partial charge on any atom is 0.239 e. The first-order chi connectivity index (χ1) is 8.60. The van der Waals surface area contributed by atoms with Gasteiger partial charge in [-0.2, -0.15) is 0 Å². The fraction of sp³-hybridized carbons (Fsp3) is 0.462. The average molecular weight is 254 g/mol. The van der Waals surface area contributed by atoms with Crippen molar-refractivity contribution in [3.8, 4) is 0 Å². The molecule has 0 saturated heterocycles. The number of rotatable bonds is 6. The molecular formula is C13H19FN2O2. The highest BCUT2D eigenvalue weighted by atomic mass is 19.1. The predicted molar refractivity (Wildman–Crippen MR) is 68.9 cm³/mol. The van der Waals surface area contributed by atoms with Crippen molar-refractivity contribution < 1.29 is 14.3 Å². The smallest absolute Gasteiger partial charge is 0.239 e. The van der Waals surface area contributed by atoms with E-state index in [1.807, 2.05) is 6.92 Å². The Morgan fingerprint density at radius 2 is 2.22 bits per heavy atom. The third-order valence-corrected chi connectivity index (χ3v) is 2.58. The number of aliphatic hydroxyl groups is 1. The van der Waals surface area contributed by atoms with Gasteiger partial charge in [-0.3, -0.25) is 4.79 Å². The van der Waals surface area contributed by atoms with Gasteiger partial charge in [0, 0.05) is 19.2 Å². The van der Waals surface area contributed by atoms with Gasteiger partial charge in [-0.05, 0) is 12.5 Å². The number of likely N-dealkylation sites (N-methyl/N-ethyl adjacent to an activating group) is 1. The summed E-state index contributed by atoms with van der Waals surface area (Å²) >= 11 is 0. The summed E-state index contributed by atoms with van der Waals surface area (Å²) in [6.45, 7) is 2.38. The number of carbonyl (C=O) groups is 1. The Morgan fingerprint density at radius 3 is 2.83 bits per heavy atom. The van der Waals surface area contributed by atoms with Gasteiger partial charge in [-0.15, -0.1) is 0 Å². The van der Waals surface area contributed by atoms with Crippen molar-refractivity contribution in [3.05, 3.63) is 29.6 Å². The van der Waals surface area contributed by atoms with E-state index >= 15 is 0 Å². The van der Waals surface area contributed by atoms with Crippen LogP contribution < -0.4 is 10.2 Å². The minimum atomic E-state index is -0.438. The first kappa shape index (κ1) is 14.4. The minimum absolute atomic E-state index is 0.0634. The zero-order valence-electron chi connectivity index (χ0n) is 10.7. The van der Waals surface area contributed by atoms with E-state index in [9.17, 15) is 14.3 Å². The van der Waals surface area contributed by atoms with Crippen LogP contribution in [0.5, 0.6) is 0 Å². The number of aliphatic hydroxyl groups excluding tert-OH is 1. The molecular weight excluding hydrogens is 235 g/mol. The molecule has 0 aliphatic heterocycles. The fourth-order valence-corrected chi connectivity index (χ4v) is 1.73. The predicted octanol–water partition coefficient (Wildman–Crippen LogP) is 1.28. The van der Waals surface area contributed by atoms with Gasteiger partial charge in [0.1, 0.15) is 5.82 Å². The van der Waals surface area contributed by atoms with Crippen LogP contribution in [0, 0.1) is 5.82 Å². The first-order valence-corrected chi connectivity index (χ1v) is 5.96. The molecule has 0 aliphatic rings. The highest BCUT2D eigenvalue weighted by Gasteiger charge is 2.14. The number of benzene rings is 1. The molecule has 1 aromatic carbocycles. The lowest BCUT2D eigenvalue weighted by Crippen LogP contribution is -2.36. The van der Waals surface area contributed by atoms with Gasteiger partial charge in [0.25, 0.3) is 0 Å². The second-order valence-electron chi connectivity index (χ2n) is 4.11. The normalized spacial score (nSPS) is 10.2. The molecule has 18 heavy (non-hydrogen) atoms. The fourth-order valence-electron chi connectivity index (χ4n) is 1.73. The number of nitrogens with zero attached hydrogens (tertiary/aromatic N) is 1.